The van der Waals surface area contributed by atoms with E-state index in [1.807, 2.05) is 0 Å². The van der Waals surface area contributed by atoms with Crippen molar-refractivity contribution in [2.75, 3.05) is 5.73 Å². The number of sulfonamides is 1. The highest BCUT2D eigenvalue weighted by Crippen LogP contribution is 2.15. The van der Waals surface area contributed by atoms with Crippen LogP contribution in [0.5, 0.6) is 0 Å². The third kappa shape index (κ3) is 3.57. The number of amides is 1. The molecule has 11 heteroatoms. The van der Waals surface area contributed by atoms with Crippen molar-refractivity contribution < 1.29 is 13.2 Å². The molecule has 0 aliphatic carbocycles. The SMILES string of the molecule is Nc1cccc(S(=O)(=O)NC(=O)c2cnc(Cl)nc2Cl)n1. The van der Waals surface area contributed by atoms with Gasteiger partial charge >= 0.3 is 0 Å². The second-order valence-corrected chi connectivity index (χ2v) is 6.00. The van der Waals surface area contributed by atoms with Gasteiger partial charge in [-0.05, 0) is 23.7 Å². The lowest BCUT2D eigenvalue weighted by molar-refractivity contribution is 0.0980. The predicted molar refractivity (Wildman–Crippen MR) is 75.4 cm³/mol. The zero-order valence-corrected chi connectivity index (χ0v) is 12.4. The molecule has 0 saturated heterocycles. The van der Waals surface area contributed by atoms with Gasteiger partial charge in [-0.3, -0.25) is 4.79 Å². The lowest BCUT2D eigenvalue weighted by Crippen LogP contribution is -2.31. The molecule has 2 aromatic heterocycles. The van der Waals surface area contributed by atoms with Gasteiger partial charge in [0.05, 0.1) is 5.56 Å². The van der Waals surface area contributed by atoms with Crippen LogP contribution < -0.4 is 10.5 Å². The number of rotatable bonds is 3. The summed E-state index contributed by atoms with van der Waals surface area (Å²) in [5.41, 5.74) is 5.15. The van der Waals surface area contributed by atoms with Crippen molar-refractivity contribution in [1.29, 1.82) is 0 Å². The highest BCUT2D eigenvalue weighted by atomic mass is 35.5. The van der Waals surface area contributed by atoms with E-state index in [2.05, 4.69) is 15.0 Å². The zero-order chi connectivity index (χ0) is 15.6. The van der Waals surface area contributed by atoms with Crippen LogP contribution in [0.2, 0.25) is 10.4 Å². The Labute approximate surface area is 129 Å². The minimum atomic E-state index is -4.19. The molecule has 0 aliphatic heterocycles. The maximum Gasteiger partial charge on any atom is 0.281 e. The molecule has 110 valence electrons. The first kappa shape index (κ1) is 15.4. The number of hydrogen-bond donors (Lipinski definition) is 2. The number of nitrogens with zero attached hydrogens (tertiary/aromatic N) is 3. The van der Waals surface area contributed by atoms with Crippen molar-refractivity contribution >= 4 is 45.0 Å². The van der Waals surface area contributed by atoms with Crippen molar-refractivity contribution in [3.05, 3.63) is 40.4 Å². The molecular weight excluding hydrogens is 341 g/mol. The van der Waals surface area contributed by atoms with Gasteiger partial charge in [-0.25, -0.2) is 19.7 Å². The molecule has 2 heterocycles. The molecule has 0 unspecified atom stereocenters. The summed E-state index contributed by atoms with van der Waals surface area (Å²) in [5.74, 6) is -1.01. The van der Waals surface area contributed by atoms with Gasteiger partial charge in [0.1, 0.15) is 11.0 Å². The highest BCUT2D eigenvalue weighted by molar-refractivity contribution is 7.90. The van der Waals surface area contributed by atoms with Gasteiger partial charge in [0.25, 0.3) is 15.9 Å². The summed E-state index contributed by atoms with van der Waals surface area (Å²) in [6.07, 6.45) is 1.01. The number of nitrogen functional groups attached to an aromatic ring is 1. The Kier molecular flexibility index (Phi) is 4.26. The molecule has 0 aromatic carbocycles. The van der Waals surface area contributed by atoms with Gasteiger partial charge in [-0.15, -0.1) is 0 Å². The second kappa shape index (κ2) is 5.80. The smallest absolute Gasteiger partial charge is 0.281 e. The summed E-state index contributed by atoms with van der Waals surface area (Å²) in [5, 5.41) is -0.845. The Bertz CT molecular complexity index is 812. The lowest BCUT2D eigenvalue weighted by Gasteiger charge is -2.07. The molecule has 0 radical (unpaired) electrons. The summed E-state index contributed by atoms with van der Waals surface area (Å²) in [6.45, 7) is 0. The highest BCUT2D eigenvalue weighted by Gasteiger charge is 2.22. The standard InChI is InChI=1S/C10H7Cl2N5O3S/c11-8-5(4-14-10(12)16-8)9(18)17-21(19,20)7-3-1-2-6(13)15-7/h1-4H,(H2,13,15)(H,17,18). The van der Waals surface area contributed by atoms with E-state index < -0.39 is 21.0 Å². The fourth-order valence-corrected chi connectivity index (χ4v) is 2.64. The molecule has 2 rings (SSSR count). The van der Waals surface area contributed by atoms with Gasteiger partial charge in [-0.2, -0.15) is 8.42 Å². The molecule has 0 bridgehead atoms. The predicted octanol–water partition coefficient (Wildman–Crippen LogP) is 0.879. The van der Waals surface area contributed by atoms with E-state index in [1.165, 1.54) is 18.2 Å². The van der Waals surface area contributed by atoms with Crippen LogP contribution in [0.25, 0.3) is 0 Å². The molecule has 21 heavy (non-hydrogen) atoms. The number of halogens is 2. The molecule has 2 aromatic rings. The van der Waals surface area contributed by atoms with Crippen molar-refractivity contribution in [3.8, 4) is 0 Å². The molecule has 0 fully saturated rings. The molecule has 0 spiro atoms. The van der Waals surface area contributed by atoms with Crippen molar-refractivity contribution in [1.82, 2.24) is 19.7 Å². The molecule has 3 N–H and O–H groups in total. The van der Waals surface area contributed by atoms with Gasteiger partial charge in [0.2, 0.25) is 5.28 Å². The van der Waals surface area contributed by atoms with Crippen LogP contribution in [0, 0.1) is 0 Å². The third-order valence-electron chi connectivity index (χ3n) is 2.20. The summed E-state index contributed by atoms with van der Waals surface area (Å²) in [4.78, 5) is 22.6. The van der Waals surface area contributed by atoms with E-state index >= 15 is 0 Å². The Morgan fingerprint density at radius 3 is 2.57 bits per heavy atom. The second-order valence-electron chi connectivity index (χ2n) is 3.68. The average Bonchev–Trinajstić information content (AvgIpc) is 2.37. The van der Waals surface area contributed by atoms with E-state index in [9.17, 15) is 13.2 Å². The average molecular weight is 348 g/mol. The van der Waals surface area contributed by atoms with Crippen LogP contribution in [0.3, 0.4) is 0 Å². The van der Waals surface area contributed by atoms with Crippen LogP contribution in [0.1, 0.15) is 10.4 Å². The normalized spacial score (nSPS) is 11.1. The quantitative estimate of drug-likeness (QED) is 0.622. The number of carbonyl (C=O) groups is 1. The van der Waals surface area contributed by atoms with Gasteiger partial charge in [0, 0.05) is 6.20 Å². The number of carbonyl (C=O) groups excluding carboxylic acids is 1. The van der Waals surface area contributed by atoms with E-state index in [-0.39, 0.29) is 21.8 Å². The van der Waals surface area contributed by atoms with Crippen molar-refractivity contribution in [2.24, 2.45) is 0 Å². The first-order valence-corrected chi connectivity index (χ1v) is 7.51. The number of anilines is 1. The minimum Gasteiger partial charge on any atom is -0.384 e. The Morgan fingerprint density at radius 2 is 1.95 bits per heavy atom. The Hall–Kier alpha value is -1.97. The molecule has 0 aliphatic rings. The van der Waals surface area contributed by atoms with E-state index in [1.54, 1.807) is 4.72 Å². The molecule has 1 amide bonds. The third-order valence-corrected chi connectivity index (χ3v) is 3.91. The minimum absolute atomic E-state index is 0.00168. The topological polar surface area (TPSA) is 128 Å². The van der Waals surface area contributed by atoms with Crippen LogP contribution in [0.4, 0.5) is 5.82 Å². The van der Waals surface area contributed by atoms with E-state index in [4.69, 9.17) is 28.9 Å². The maximum atomic E-state index is 12.0. The largest absolute Gasteiger partial charge is 0.384 e. The molecule has 0 atom stereocenters. The van der Waals surface area contributed by atoms with E-state index in [0.717, 1.165) is 6.20 Å². The summed E-state index contributed by atoms with van der Waals surface area (Å²) in [6, 6.07) is 3.98. The number of hydrogen-bond acceptors (Lipinski definition) is 7. The summed E-state index contributed by atoms with van der Waals surface area (Å²) in [7, 11) is -4.19. The number of nitrogens with two attached hydrogens (primary N) is 1. The fourth-order valence-electron chi connectivity index (χ4n) is 1.30. The van der Waals surface area contributed by atoms with Crippen LogP contribution in [-0.2, 0) is 10.0 Å². The van der Waals surface area contributed by atoms with Crippen molar-refractivity contribution in [3.63, 3.8) is 0 Å². The number of pyridine rings is 1. The maximum absolute atomic E-state index is 12.0. The van der Waals surface area contributed by atoms with Crippen LogP contribution in [-0.4, -0.2) is 29.3 Å². The lowest BCUT2D eigenvalue weighted by atomic mass is 10.3. The van der Waals surface area contributed by atoms with Gasteiger partial charge < -0.3 is 5.73 Å². The van der Waals surface area contributed by atoms with Crippen LogP contribution in [0.15, 0.2) is 29.4 Å². The Balaban J connectivity index is 2.30. The summed E-state index contributed by atoms with van der Waals surface area (Å²) >= 11 is 11.2. The summed E-state index contributed by atoms with van der Waals surface area (Å²) < 4.78 is 25.8. The van der Waals surface area contributed by atoms with Gasteiger partial charge in [-0.1, -0.05) is 17.7 Å². The first-order valence-electron chi connectivity index (χ1n) is 5.27. The molecular formula is C10H7Cl2N5O3S. The van der Waals surface area contributed by atoms with Crippen molar-refractivity contribution in [2.45, 2.75) is 5.03 Å². The monoisotopic (exact) mass is 347 g/mol. The van der Waals surface area contributed by atoms with Crippen LogP contribution >= 0.6 is 23.2 Å². The molecule has 8 nitrogen and oxygen atoms in total. The first-order chi connectivity index (χ1) is 9.79. The fraction of sp³-hybridized carbons (Fsp3) is 0. The number of aromatic nitrogens is 3. The van der Waals surface area contributed by atoms with Gasteiger partial charge in [0.15, 0.2) is 5.03 Å². The van der Waals surface area contributed by atoms with E-state index in [0.29, 0.717) is 0 Å². The number of nitrogens with one attached hydrogen (secondary N) is 1. The molecule has 0 saturated carbocycles. The zero-order valence-electron chi connectivity index (χ0n) is 10.1. The Morgan fingerprint density at radius 1 is 1.24 bits per heavy atom.